The van der Waals surface area contributed by atoms with Gasteiger partial charge in [0.05, 0.1) is 6.04 Å². The van der Waals surface area contributed by atoms with E-state index in [0.29, 0.717) is 0 Å². The van der Waals surface area contributed by atoms with Crippen LogP contribution in [-0.2, 0) is 4.79 Å². The summed E-state index contributed by atoms with van der Waals surface area (Å²) in [4.78, 5) is 22.6. The van der Waals surface area contributed by atoms with Gasteiger partial charge in [0.25, 0.3) is 5.91 Å². The number of nitrogens with one attached hydrogen (secondary N) is 1. The van der Waals surface area contributed by atoms with Gasteiger partial charge in [-0.25, -0.2) is 8.78 Å². The van der Waals surface area contributed by atoms with Crippen LogP contribution in [0.4, 0.5) is 8.78 Å². The first kappa shape index (κ1) is 13.3. The lowest BCUT2D eigenvalue weighted by molar-refractivity contribution is -0.118. The van der Waals surface area contributed by atoms with E-state index in [1.807, 2.05) is 0 Å². The zero-order valence-corrected chi connectivity index (χ0v) is 9.80. The van der Waals surface area contributed by atoms with Gasteiger partial charge in [0.2, 0.25) is 0 Å². The maximum Gasteiger partial charge on any atom is 0.257 e. The molecule has 1 aromatic carbocycles. The van der Waals surface area contributed by atoms with Crippen molar-refractivity contribution in [2.75, 3.05) is 0 Å². The lowest BCUT2D eigenvalue weighted by Crippen LogP contribution is -2.38. The van der Waals surface area contributed by atoms with Gasteiger partial charge in [-0.1, -0.05) is 6.07 Å². The Bertz CT molecular complexity index is 472. The number of carbonyl (C=O) groups excluding carboxylic acids is 2. The molecule has 0 saturated carbocycles. The minimum atomic E-state index is -0.943. The van der Waals surface area contributed by atoms with E-state index in [9.17, 15) is 18.4 Å². The topological polar surface area (TPSA) is 46.2 Å². The van der Waals surface area contributed by atoms with Gasteiger partial charge in [0, 0.05) is 0 Å². The molecule has 0 aliphatic rings. The molecule has 0 fully saturated rings. The third kappa shape index (κ3) is 2.87. The highest BCUT2D eigenvalue weighted by Crippen LogP contribution is 2.16. The third-order valence-corrected chi connectivity index (χ3v) is 2.47. The molecule has 0 heterocycles. The van der Waals surface area contributed by atoms with Crippen molar-refractivity contribution in [2.45, 2.75) is 26.8 Å². The van der Waals surface area contributed by atoms with Gasteiger partial charge < -0.3 is 5.32 Å². The van der Waals surface area contributed by atoms with Crippen molar-refractivity contribution in [1.29, 1.82) is 0 Å². The average molecular weight is 241 g/mol. The van der Waals surface area contributed by atoms with Crippen molar-refractivity contribution >= 4 is 11.7 Å². The smallest absolute Gasteiger partial charge is 0.257 e. The Morgan fingerprint density at radius 1 is 1.29 bits per heavy atom. The van der Waals surface area contributed by atoms with Crippen molar-refractivity contribution in [3.63, 3.8) is 0 Å². The molecular weight excluding hydrogens is 228 g/mol. The molecule has 1 N–H and O–H groups in total. The summed E-state index contributed by atoms with van der Waals surface area (Å²) in [5, 5.41) is 2.24. The summed E-state index contributed by atoms with van der Waals surface area (Å²) in [7, 11) is 0. The summed E-state index contributed by atoms with van der Waals surface area (Å²) in [5.74, 6) is -3.06. The van der Waals surface area contributed by atoms with Crippen LogP contribution in [0.15, 0.2) is 12.1 Å². The summed E-state index contributed by atoms with van der Waals surface area (Å²) in [5.41, 5.74) is -0.481. The van der Waals surface area contributed by atoms with E-state index < -0.39 is 29.1 Å². The zero-order valence-electron chi connectivity index (χ0n) is 9.80. The second kappa shape index (κ2) is 5.03. The monoisotopic (exact) mass is 241 g/mol. The molecule has 0 radical (unpaired) electrons. The summed E-state index contributed by atoms with van der Waals surface area (Å²) >= 11 is 0. The van der Waals surface area contributed by atoms with Crippen molar-refractivity contribution in [3.8, 4) is 0 Å². The summed E-state index contributed by atoms with van der Waals surface area (Å²) in [6.45, 7) is 4.17. The van der Waals surface area contributed by atoms with Crippen LogP contribution in [0.2, 0.25) is 0 Å². The molecule has 0 spiro atoms. The number of rotatable bonds is 3. The Kier molecular flexibility index (Phi) is 3.93. The molecule has 1 atom stereocenters. The molecule has 1 aromatic rings. The summed E-state index contributed by atoms with van der Waals surface area (Å²) in [6.07, 6.45) is 0. The van der Waals surface area contributed by atoms with Gasteiger partial charge in [-0.3, -0.25) is 9.59 Å². The first-order valence-corrected chi connectivity index (χ1v) is 5.10. The van der Waals surface area contributed by atoms with Crippen molar-refractivity contribution in [2.24, 2.45) is 0 Å². The minimum Gasteiger partial charge on any atom is -0.342 e. The number of hydrogen-bond acceptors (Lipinski definition) is 2. The lowest BCUT2D eigenvalue weighted by atomic mass is 10.1. The molecule has 0 saturated heterocycles. The second-order valence-electron chi connectivity index (χ2n) is 3.86. The number of hydrogen-bond donors (Lipinski definition) is 1. The standard InChI is InChI=1S/C12H13F2NO2/c1-6-4-5-9(13)10(11(6)14)12(17)15-7(2)8(3)16/h4-5,7H,1-3H3,(H,15,17). The molecule has 1 unspecified atom stereocenters. The molecule has 5 heteroatoms. The Hall–Kier alpha value is -1.78. The fourth-order valence-electron chi connectivity index (χ4n) is 1.24. The zero-order chi connectivity index (χ0) is 13.2. The Labute approximate surface area is 97.8 Å². The van der Waals surface area contributed by atoms with E-state index in [4.69, 9.17) is 0 Å². The number of ketones is 1. The van der Waals surface area contributed by atoms with E-state index >= 15 is 0 Å². The number of carbonyl (C=O) groups is 2. The van der Waals surface area contributed by atoms with Gasteiger partial charge in [0.15, 0.2) is 5.78 Å². The van der Waals surface area contributed by atoms with E-state index in [1.165, 1.54) is 26.8 Å². The molecule has 92 valence electrons. The third-order valence-electron chi connectivity index (χ3n) is 2.47. The number of halogens is 2. The first-order chi connectivity index (χ1) is 7.84. The maximum absolute atomic E-state index is 13.6. The Morgan fingerprint density at radius 2 is 1.88 bits per heavy atom. The fraction of sp³-hybridized carbons (Fsp3) is 0.333. The largest absolute Gasteiger partial charge is 0.342 e. The Morgan fingerprint density at radius 3 is 2.41 bits per heavy atom. The van der Waals surface area contributed by atoms with Gasteiger partial charge >= 0.3 is 0 Å². The van der Waals surface area contributed by atoms with E-state index in [0.717, 1.165) is 6.07 Å². The Balaban J connectivity index is 3.05. The predicted molar refractivity (Wildman–Crippen MR) is 58.7 cm³/mol. The quantitative estimate of drug-likeness (QED) is 0.879. The normalized spacial score (nSPS) is 12.1. The first-order valence-electron chi connectivity index (χ1n) is 5.10. The van der Waals surface area contributed by atoms with Crippen LogP contribution in [-0.4, -0.2) is 17.7 Å². The highest BCUT2D eigenvalue weighted by Gasteiger charge is 2.21. The number of benzene rings is 1. The van der Waals surface area contributed by atoms with Gasteiger partial charge in [0.1, 0.15) is 17.2 Å². The average Bonchev–Trinajstić information content (AvgIpc) is 2.24. The summed E-state index contributed by atoms with van der Waals surface area (Å²) < 4.78 is 26.9. The minimum absolute atomic E-state index is 0.173. The van der Waals surface area contributed by atoms with Crippen molar-refractivity contribution in [1.82, 2.24) is 5.32 Å². The van der Waals surface area contributed by atoms with E-state index in [2.05, 4.69) is 5.32 Å². The van der Waals surface area contributed by atoms with Crippen LogP contribution in [0, 0.1) is 18.6 Å². The molecule has 1 rings (SSSR count). The van der Waals surface area contributed by atoms with Crippen LogP contribution in [0.1, 0.15) is 29.8 Å². The molecule has 0 bridgehead atoms. The molecule has 3 nitrogen and oxygen atoms in total. The maximum atomic E-state index is 13.6. The molecule has 0 aliphatic carbocycles. The molecular formula is C12H13F2NO2. The van der Waals surface area contributed by atoms with E-state index in [1.54, 1.807) is 0 Å². The number of amides is 1. The summed E-state index contributed by atoms with van der Waals surface area (Å²) in [6, 6.07) is 1.49. The van der Waals surface area contributed by atoms with Gasteiger partial charge in [-0.2, -0.15) is 0 Å². The molecule has 17 heavy (non-hydrogen) atoms. The van der Waals surface area contributed by atoms with Crippen molar-refractivity contribution < 1.29 is 18.4 Å². The second-order valence-corrected chi connectivity index (χ2v) is 3.86. The fourth-order valence-corrected chi connectivity index (χ4v) is 1.24. The van der Waals surface area contributed by atoms with Crippen molar-refractivity contribution in [3.05, 3.63) is 34.9 Å². The van der Waals surface area contributed by atoms with Crippen LogP contribution < -0.4 is 5.32 Å². The highest BCUT2D eigenvalue weighted by atomic mass is 19.1. The van der Waals surface area contributed by atoms with Crippen LogP contribution in [0.25, 0.3) is 0 Å². The SMILES string of the molecule is CC(=O)C(C)NC(=O)c1c(F)ccc(C)c1F. The number of Topliss-reactive ketones (excluding diaryl/α,β-unsaturated/α-hetero) is 1. The predicted octanol–water partition coefficient (Wildman–Crippen LogP) is 1.98. The molecule has 0 aromatic heterocycles. The highest BCUT2D eigenvalue weighted by molar-refractivity contribution is 5.98. The van der Waals surface area contributed by atoms with Gasteiger partial charge in [-0.05, 0) is 32.4 Å². The van der Waals surface area contributed by atoms with Gasteiger partial charge in [-0.15, -0.1) is 0 Å². The molecule has 1 amide bonds. The van der Waals surface area contributed by atoms with Crippen LogP contribution in [0.3, 0.4) is 0 Å². The van der Waals surface area contributed by atoms with Crippen LogP contribution >= 0.6 is 0 Å². The molecule has 0 aliphatic heterocycles. The lowest BCUT2D eigenvalue weighted by Gasteiger charge is -2.12. The van der Waals surface area contributed by atoms with Crippen LogP contribution in [0.5, 0.6) is 0 Å². The van der Waals surface area contributed by atoms with E-state index in [-0.39, 0.29) is 11.3 Å². The number of aryl methyl sites for hydroxylation is 1.